The maximum Gasteiger partial charge on any atom is 0.232 e. The average Bonchev–Trinajstić information content (AvgIpc) is 2.75. The molecule has 0 bridgehead atoms. The smallest absolute Gasteiger partial charge is 0.232 e. The Morgan fingerprint density at radius 3 is 2.52 bits per heavy atom. The van der Waals surface area contributed by atoms with Gasteiger partial charge in [-0.05, 0) is 54.8 Å². The molecule has 21 heavy (non-hydrogen) atoms. The van der Waals surface area contributed by atoms with E-state index in [1.807, 2.05) is 6.92 Å². The molecule has 0 fully saturated rings. The number of Topliss-reactive ketones (excluding diaryl/α,β-unsaturated/α-hetero) is 1. The predicted molar refractivity (Wildman–Crippen MR) is 80.3 cm³/mol. The second-order valence-corrected chi connectivity index (χ2v) is 5.37. The second-order valence-electron chi connectivity index (χ2n) is 5.00. The Kier molecular flexibility index (Phi) is 3.30. The van der Waals surface area contributed by atoms with E-state index in [4.69, 9.17) is 16.3 Å². The number of hydrogen-bond acceptors (Lipinski definition) is 2. The number of benzene rings is 2. The van der Waals surface area contributed by atoms with E-state index >= 15 is 0 Å². The largest absolute Gasteiger partial charge is 0.452 e. The van der Waals surface area contributed by atoms with Crippen LogP contribution in [-0.2, 0) is 0 Å². The van der Waals surface area contributed by atoms with Crippen molar-refractivity contribution in [2.75, 3.05) is 0 Å². The number of fused-ring (bicyclic) bond motifs is 1. The Balaban J connectivity index is 2.04. The number of aryl methyl sites for hydroxylation is 1. The summed E-state index contributed by atoms with van der Waals surface area (Å²) in [7, 11) is 0. The van der Waals surface area contributed by atoms with Gasteiger partial charge in [-0.25, -0.2) is 4.39 Å². The van der Waals surface area contributed by atoms with Gasteiger partial charge in [0.05, 0.1) is 5.56 Å². The van der Waals surface area contributed by atoms with Crippen LogP contribution >= 0.6 is 11.6 Å². The van der Waals surface area contributed by atoms with Crippen LogP contribution in [0.3, 0.4) is 0 Å². The van der Waals surface area contributed by atoms with Gasteiger partial charge in [-0.2, -0.15) is 0 Å². The van der Waals surface area contributed by atoms with Gasteiger partial charge in [-0.1, -0.05) is 23.7 Å². The molecule has 0 saturated carbocycles. The third-order valence-corrected chi connectivity index (χ3v) is 4.06. The van der Waals surface area contributed by atoms with Crippen LogP contribution in [0.5, 0.6) is 5.75 Å². The first-order valence-corrected chi connectivity index (χ1v) is 6.84. The Morgan fingerprint density at radius 2 is 1.86 bits per heavy atom. The van der Waals surface area contributed by atoms with Crippen molar-refractivity contribution in [2.24, 2.45) is 0 Å². The summed E-state index contributed by atoms with van der Waals surface area (Å²) < 4.78 is 18.5. The minimum Gasteiger partial charge on any atom is -0.452 e. The van der Waals surface area contributed by atoms with Crippen LogP contribution in [0.1, 0.15) is 27.0 Å². The second kappa shape index (κ2) is 5.01. The lowest BCUT2D eigenvalue weighted by Gasteiger charge is -2.05. The summed E-state index contributed by atoms with van der Waals surface area (Å²) in [5.41, 5.74) is 2.79. The molecule has 0 N–H and O–H groups in total. The van der Waals surface area contributed by atoms with Gasteiger partial charge < -0.3 is 4.74 Å². The number of ketones is 1. The van der Waals surface area contributed by atoms with Crippen molar-refractivity contribution in [3.05, 3.63) is 69.2 Å². The summed E-state index contributed by atoms with van der Waals surface area (Å²) in [6, 6.07) is 7.62. The minimum atomic E-state index is -0.322. The molecule has 2 aromatic rings. The van der Waals surface area contributed by atoms with E-state index in [1.54, 1.807) is 31.2 Å². The highest BCUT2D eigenvalue weighted by atomic mass is 35.5. The molecule has 0 amide bonds. The van der Waals surface area contributed by atoms with Crippen LogP contribution in [0.2, 0.25) is 5.02 Å². The standard InChI is InChI=1S/C17H12ClFO2/c1-9-7-13-15(10(2)16(9)18)17(20)14(21-13)8-11-3-5-12(19)6-4-11/h3-8H,1-2H3/b14-8-. The highest BCUT2D eigenvalue weighted by Gasteiger charge is 2.30. The Labute approximate surface area is 126 Å². The molecule has 1 aliphatic heterocycles. The van der Waals surface area contributed by atoms with Gasteiger partial charge >= 0.3 is 0 Å². The van der Waals surface area contributed by atoms with E-state index in [0.717, 1.165) is 11.1 Å². The number of carbonyl (C=O) groups is 1. The zero-order valence-corrected chi connectivity index (χ0v) is 12.3. The lowest BCUT2D eigenvalue weighted by atomic mass is 10.0. The fourth-order valence-corrected chi connectivity index (χ4v) is 2.53. The highest BCUT2D eigenvalue weighted by Crippen LogP contribution is 2.39. The number of rotatable bonds is 1. The predicted octanol–water partition coefficient (Wildman–Crippen LogP) is 4.71. The molecule has 1 aliphatic rings. The van der Waals surface area contributed by atoms with Gasteiger partial charge in [0, 0.05) is 5.02 Å². The van der Waals surface area contributed by atoms with E-state index in [0.29, 0.717) is 21.9 Å². The summed E-state index contributed by atoms with van der Waals surface area (Å²) in [6.45, 7) is 3.67. The van der Waals surface area contributed by atoms with Gasteiger partial charge in [0.15, 0.2) is 5.76 Å². The van der Waals surface area contributed by atoms with Gasteiger partial charge in [0.1, 0.15) is 11.6 Å². The molecule has 0 aliphatic carbocycles. The van der Waals surface area contributed by atoms with Crippen molar-refractivity contribution in [3.8, 4) is 5.75 Å². The quantitative estimate of drug-likeness (QED) is 0.713. The van der Waals surface area contributed by atoms with Crippen LogP contribution in [0.25, 0.3) is 6.08 Å². The molecule has 2 aromatic carbocycles. The normalized spacial score (nSPS) is 15.2. The van der Waals surface area contributed by atoms with Crippen LogP contribution < -0.4 is 4.74 Å². The summed E-state index contributed by atoms with van der Waals surface area (Å²) in [6.07, 6.45) is 1.60. The molecular formula is C17H12ClFO2. The van der Waals surface area contributed by atoms with E-state index in [-0.39, 0.29) is 17.4 Å². The van der Waals surface area contributed by atoms with Gasteiger partial charge in [-0.15, -0.1) is 0 Å². The van der Waals surface area contributed by atoms with Crippen LogP contribution in [0, 0.1) is 19.7 Å². The van der Waals surface area contributed by atoms with Gasteiger partial charge in [0.2, 0.25) is 5.78 Å². The molecule has 106 valence electrons. The van der Waals surface area contributed by atoms with E-state index < -0.39 is 0 Å². The molecule has 4 heteroatoms. The lowest BCUT2D eigenvalue weighted by molar-refractivity contribution is 0.101. The molecular weight excluding hydrogens is 291 g/mol. The minimum absolute atomic E-state index is 0.200. The Morgan fingerprint density at radius 1 is 1.19 bits per heavy atom. The van der Waals surface area contributed by atoms with Crippen LogP contribution in [-0.4, -0.2) is 5.78 Å². The van der Waals surface area contributed by atoms with Gasteiger partial charge in [-0.3, -0.25) is 4.79 Å². The lowest BCUT2D eigenvalue weighted by Crippen LogP contribution is -2.00. The fourth-order valence-electron chi connectivity index (χ4n) is 2.38. The van der Waals surface area contributed by atoms with E-state index in [2.05, 4.69) is 0 Å². The van der Waals surface area contributed by atoms with Crippen molar-refractivity contribution in [1.82, 2.24) is 0 Å². The summed E-state index contributed by atoms with van der Waals surface area (Å²) in [5, 5.41) is 0.578. The number of allylic oxidation sites excluding steroid dienone is 1. The molecule has 1 heterocycles. The molecule has 0 saturated heterocycles. The molecule has 0 atom stereocenters. The monoisotopic (exact) mass is 302 g/mol. The maximum atomic E-state index is 12.9. The van der Waals surface area contributed by atoms with Crippen molar-refractivity contribution >= 4 is 23.5 Å². The first-order chi connectivity index (χ1) is 9.97. The maximum absolute atomic E-state index is 12.9. The first kappa shape index (κ1) is 13.8. The average molecular weight is 303 g/mol. The Bertz CT molecular complexity index is 776. The summed E-state index contributed by atoms with van der Waals surface area (Å²) in [5.74, 6) is 0.222. The third kappa shape index (κ3) is 2.34. The SMILES string of the molecule is Cc1cc2c(c(C)c1Cl)C(=O)/C(=C/c1ccc(F)cc1)O2. The van der Waals surface area contributed by atoms with Gasteiger partial charge in [0.25, 0.3) is 0 Å². The third-order valence-electron chi connectivity index (χ3n) is 3.48. The molecule has 0 spiro atoms. The Hall–Kier alpha value is -2.13. The molecule has 2 nitrogen and oxygen atoms in total. The van der Waals surface area contributed by atoms with Crippen molar-refractivity contribution in [3.63, 3.8) is 0 Å². The molecule has 0 aromatic heterocycles. The number of hydrogen-bond donors (Lipinski definition) is 0. The number of halogens is 2. The summed E-state index contributed by atoms with van der Waals surface area (Å²) >= 11 is 6.18. The first-order valence-electron chi connectivity index (χ1n) is 6.47. The highest BCUT2D eigenvalue weighted by molar-refractivity contribution is 6.33. The number of ether oxygens (including phenoxy) is 1. The van der Waals surface area contributed by atoms with Crippen molar-refractivity contribution in [2.45, 2.75) is 13.8 Å². The van der Waals surface area contributed by atoms with Crippen LogP contribution in [0.4, 0.5) is 4.39 Å². The van der Waals surface area contributed by atoms with E-state index in [9.17, 15) is 9.18 Å². The van der Waals surface area contributed by atoms with Crippen molar-refractivity contribution < 1.29 is 13.9 Å². The summed E-state index contributed by atoms with van der Waals surface area (Å²) in [4.78, 5) is 12.4. The fraction of sp³-hybridized carbons (Fsp3) is 0.118. The molecule has 3 rings (SSSR count). The molecule has 0 unspecified atom stereocenters. The van der Waals surface area contributed by atoms with E-state index in [1.165, 1.54) is 12.1 Å². The zero-order chi connectivity index (χ0) is 15.1. The van der Waals surface area contributed by atoms with Crippen LogP contribution in [0.15, 0.2) is 36.1 Å². The topological polar surface area (TPSA) is 26.3 Å². The van der Waals surface area contributed by atoms with Crippen molar-refractivity contribution in [1.29, 1.82) is 0 Å². The number of carbonyl (C=O) groups excluding carboxylic acids is 1. The zero-order valence-electron chi connectivity index (χ0n) is 11.5. The molecule has 0 radical (unpaired) electrons.